The molecule has 0 fully saturated rings. The standard InChI is InChI=1S/C40H28/c1-2-13-29-25-31(24-23-27(29)11-1)30-15-9-16-32(26-30)39-35-18-5-7-20-37(35)40(38-21-8-6-19-36(38)39)34-22-10-14-28-12-3-4-17-33(28)34/h1-5,7-18,20-26H,6,19H2. The molecule has 0 aromatic heterocycles. The maximum atomic E-state index is 2.39. The van der Waals surface area contributed by atoms with Crippen molar-refractivity contribution < 1.29 is 0 Å². The lowest BCUT2D eigenvalue weighted by atomic mass is 9.79. The molecule has 0 spiro atoms. The van der Waals surface area contributed by atoms with Gasteiger partial charge in [0.05, 0.1) is 0 Å². The Morgan fingerprint density at radius 2 is 1.07 bits per heavy atom. The minimum Gasteiger partial charge on any atom is -0.0836 e. The molecule has 1 aliphatic rings. The minimum atomic E-state index is 1.05. The first-order chi connectivity index (χ1) is 19.8. The lowest BCUT2D eigenvalue weighted by Crippen LogP contribution is -2.03. The van der Waals surface area contributed by atoms with Crippen LogP contribution < -0.4 is 0 Å². The fraction of sp³-hybridized carbons (Fsp3) is 0.0500. The first-order valence-corrected chi connectivity index (χ1v) is 14.2. The topological polar surface area (TPSA) is 0 Å². The lowest BCUT2D eigenvalue weighted by Gasteiger charge is -2.24. The highest BCUT2D eigenvalue weighted by atomic mass is 14.3. The van der Waals surface area contributed by atoms with E-state index in [0.29, 0.717) is 0 Å². The predicted molar refractivity (Wildman–Crippen MR) is 173 cm³/mol. The van der Waals surface area contributed by atoms with Crippen molar-refractivity contribution in [3.8, 4) is 33.4 Å². The fourth-order valence-electron chi connectivity index (χ4n) is 6.67. The quantitative estimate of drug-likeness (QED) is 0.223. The summed E-state index contributed by atoms with van der Waals surface area (Å²) in [5, 5.41) is 7.79. The van der Waals surface area contributed by atoms with Gasteiger partial charge in [0.15, 0.2) is 0 Å². The van der Waals surface area contributed by atoms with Crippen molar-refractivity contribution in [3.05, 3.63) is 151 Å². The maximum Gasteiger partial charge on any atom is -0.00235 e. The van der Waals surface area contributed by atoms with Crippen molar-refractivity contribution in [2.45, 2.75) is 12.8 Å². The summed E-state index contributed by atoms with van der Waals surface area (Å²) >= 11 is 0. The number of allylic oxidation sites excluding steroid dienone is 1. The third-order valence-corrected chi connectivity index (χ3v) is 8.50. The van der Waals surface area contributed by atoms with Gasteiger partial charge in [-0.05, 0) is 102 Å². The van der Waals surface area contributed by atoms with Gasteiger partial charge in [0, 0.05) is 0 Å². The maximum absolute atomic E-state index is 2.39. The second kappa shape index (κ2) is 9.36. The molecule has 0 saturated carbocycles. The molecular formula is C40H28. The highest BCUT2D eigenvalue weighted by Gasteiger charge is 2.22. The third-order valence-electron chi connectivity index (χ3n) is 8.50. The predicted octanol–water partition coefficient (Wildman–Crippen LogP) is 11.1. The van der Waals surface area contributed by atoms with E-state index < -0.39 is 0 Å². The summed E-state index contributed by atoms with van der Waals surface area (Å²) in [6.45, 7) is 0. The molecule has 0 amide bonds. The highest BCUT2D eigenvalue weighted by Crippen LogP contribution is 2.46. The minimum absolute atomic E-state index is 1.05. The van der Waals surface area contributed by atoms with Crippen molar-refractivity contribution in [1.29, 1.82) is 0 Å². The summed E-state index contributed by atoms with van der Waals surface area (Å²) in [4.78, 5) is 0. The number of hydrogen-bond acceptors (Lipinski definition) is 0. The summed E-state index contributed by atoms with van der Waals surface area (Å²) in [6.07, 6.45) is 6.84. The van der Waals surface area contributed by atoms with E-state index in [-0.39, 0.29) is 0 Å². The molecule has 0 nitrogen and oxygen atoms in total. The van der Waals surface area contributed by atoms with Gasteiger partial charge in [0.25, 0.3) is 0 Å². The van der Waals surface area contributed by atoms with Crippen LogP contribution in [0.4, 0.5) is 0 Å². The van der Waals surface area contributed by atoms with Gasteiger partial charge in [-0.25, -0.2) is 0 Å². The van der Waals surface area contributed by atoms with Gasteiger partial charge in [0.2, 0.25) is 0 Å². The zero-order chi connectivity index (χ0) is 26.5. The summed E-state index contributed by atoms with van der Waals surface area (Å²) in [7, 11) is 0. The van der Waals surface area contributed by atoms with Crippen LogP contribution in [0.3, 0.4) is 0 Å². The van der Waals surface area contributed by atoms with Crippen molar-refractivity contribution in [1.82, 2.24) is 0 Å². The second-order valence-electron chi connectivity index (χ2n) is 10.8. The molecule has 8 rings (SSSR count). The number of rotatable bonds is 3. The molecule has 0 N–H and O–H groups in total. The number of fused-ring (bicyclic) bond motifs is 4. The molecule has 1 aliphatic carbocycles. The van der Waals surface area contributed by atoms with Gasteiger partial charge >= 0.3 is 0 Å². The van der Waals surface area contributed by atoms with Gasteiger partial charge in [-0.1, -0.05) is 133 Å². The summed E-state index contributed by atoms with van der Waals surface area (Å²) < 4.78 is 0. The van der Waals surface area contributed by atoms with Crippen LogP contribution in [-0.4, -0.2) is 0 Å². The largest absolute Gasteiger partial charge is 0.0836 e. The molecular weight excluding hydrogens is 480 g/mol. The van der Waals surface area contributed by atoms with Gasteiger partial charge in [-0.2, -0.15) is 0 Å². The molecule has 7 aromatic carbocycles. The van der Waals surface area contributed by atoms with Crippen LogP contribution >= 0.6 is 0 Å². The van der Waals surface area contributed by atoms with Crippen molar-refractivity contribution in [2.75, 3.05) is 0 Å². The average molecular weight is 509 g/mol. The van der Waals surface area contributed by atoms with Crippen molar-refractivity contribution in [2.24, 2.45) is 0 Å². The zero-order valence-corrected chi connectivity index (χ0v) is 22.3. The van der Waals surface area contributed by atoms with Crippen LogP contribution in [0.1, 0.15) is 17.5 Å². The summed E-state index contributed by atoms with van der Waals surface area (Å²) in [6, 6.07) is 49.0. The van der Waals surface area contributed by atoms with Crippen LogP contribution in [0.5, 0.6) is 0 Å². The Hall–Kier alpha value is -4.94. The molecule has 0 unspecified atom stereocenters. The van der Waals surface area contributed by atoms with E-state index >= 15 is 0 Å². The van der Waals surface area contributed by atoms with Gasteiger partial charge < -0.3 is 0 Å². The zero-order valence-electron chi connectivity index (χ0n) is 22.3. The normalized spacial score (nSPS) is 12.7. The smallest absolute Gasteiger partial charge is 0.00235 e. The van der Waals surface area contributed by atoms with Crippen LogP contribution in [-0.2, 0) is 6.42 Å². The molecule has 0 aliphatic heterocycles. The van der Waals surface area contributed by atoms with E-state index in [1.54, 1.807) is 0 Å². The van der Waals surface area contributed by atoms with E-state index in [1.165, 1.54) is 76.8 Å². The Bertz CT molecular complexity index is 2100. The Kier molecular flexibility index (Phi) is 5.38. The number of benzene rings is 7. The molecule has 0 heteroatoms. The SMILES string of the molecule is C1=Cc2c(c(-c3cccc(-c4ccc5ccccc5c4)c3)c3ccccc3c2-c2cccc3ccccc23)CC1. The Labute approximate surface area is 234 Å². The third kappa shape index (κ3) is 3.68. The highest BCUT2D eigenvalue weighted by molar-refractivity contribution is 6.14. The van der Waals surface area contributed by atoms with Crippen LogP contribution in [0.2, 0.25) is 0 Å². The van der Waals surface area contributed by atoms with Gasteiger partial charge in [-0.3, -0.25) is 0 Å². The molecule has 7 aromatic rings. The molecule has 188 valence electrons. The number of hydrogen-bond donors (Lipinski definition) is 0. The van der Waals surface area contributed by atoms with E-state index in [1.807, 2.05) is 0 Å². The monoisotopic (exact) mass is 508 g/mol. The Morgan fingerprint density at radius 1 is 0.425 bits per heavy atom. The Morgan fingerprint density at radius 3 is 1.95 bits per heavy atom. The molecule has 0 radical (unpaired) electrons. The van der Waals surface area contributed by atoms with Gasteiger partial charge in [0.1, 0.15) is 0 Å². The average Bonchev–Trinajstić information content (AvgIpc) is 3.03. The molecule has 0 heterocycles. The fourth-order valence-corrected chi connectivity index (χ4v) is 6.67. The lowest BCUT2D eigenvalue weighted by molar-refractivity contribution is 0.991. The first kappa shape index (κ1) is 23.0. The van der Waals surface area contributed by atoms with Crippen LogP contribution in [0, 0.1) is 0 Å². The second-order valence-corrected chi connectivity index (χ2v) is 10.8. The van der Waals surface area contributed by atoms with Crippen LogP contribution in [0.25, 0.3) is 71.8 Å². The van der Waals surface area contributed by atoms with E-state index in [9.17, 15) is 0 Å². The summed E-state index contributed by atoms with van der Waals surface area (Å²) in [5.74, 6) is 0. The molecule has 0 bridgehead atoms. The Balaban J connectivity index is 1.40. The summed E-state index contributed by atoms with van der Waals surface area (Å²) in [5.41, 5.74) is 10.7. The van der Waals surface area contributed by atoms with Crippen molar-refractivity contribution in [3.63, 3.8) is 0 Å². The molecule has 0 atom stereocenters. The van der Waals surface area contributed by atoms with E-state index in [2.05, 4.69) is 146 Å². The molecule has 0 saturated heterocycles. The van der Waals surface area contributed by atoms with E-state index in [0.717, 1.165) is 12.8 Å². The van der Waals surface area contributed by atoms with Gasteiger partial charge in [-0.15, -0.1) is 0 Å². The van der Waals surface area contributed by atoms with E-state index in [4.69, 9.17) is 0 Å². The van der Waals surface area contributed by atoms with Crippen LogP contribution in [0.15, 0.2) is 140 Å². The first-order valence-electron chi connectivity index (χ1n) is 14.2. The molecule has 40 heavy (non-hydrogen) atoms. The van der Waals surface area contributed by atoms with Crippen molar-refractivity contribution >= 4 is 38.4 Å².